The van der Waals surface area contributed by atoms with Gasteiger partial charge in [0, 0.05) is 42.9 Å². The first-order chi connectivity index (χ1) is 12.8. The number of methoxy groups -OCH3 is 1. The molecule has 0 saturated heterocycles. The average molecular weight is 347 g/mol. The van der Waals surface area contributed by atoms with Gasteiger partial charge in [0.05, 0.1) is 6.10 Å². The summed E-state index contributed by atoms with van der Waals surface area (Å²) in [4.78, 5) is 13.4. The van der Waals surface area contributed by atoms with Crippen molar-refractivity contribution in [2.75, 3.05) is 17.7 Å². The molecule has 132 valence electrons. The van der Waals surface area contributed by atoms with Gasteiger partial charge in [0.2, 0.25) is 0 Å². The van der Waals surface area contributed by atoms with Crippen LogP contribution in [0.25, 0.3) is 11.4 Å². The Hall–Kier alpha value is -2.99. The molecule has 0 bridgehead atoms. The summed E-state index contributed by atoms with van der Waals surface area (Å²) in [6.45, 7) is 0. The molecular formula is C20H21N5O. The zero-order chi connectivity index (χ0) is 17.8. The van der Waals surface area contributed by atoms with Crippen LogP contribution in [0.3, 0.4) is 0 Å². The molecule has 26 heavy (non-hydrogen) atoms. The predicted octanol–water partition coefficient (Wildman–Crippen LogP) is 3.87. The number of pyridine rings is 1. The Bertz CT molecular complexity index is 851. The van der Waals surface area contributed by atoms with Gasteiger partial charge in [0.15, 0.2) is 5.82 Å². The Morgan fingerprint density at radius 3 is 2.42 bits per heavy atom. The summed E-state index contributed by atoms with van der Waals surface area (Å²) < 4.78 is 5.36. The monoisotopic (exact) mass is 347 g/mol. The highest BCUT2D eigenvalue weighted by Gasteiger charge is 2.29. The second kappa shape index (κ2) is 7.49. The molecule has 6 nitrogen and oxygen atoms in total. The van der Waals surface area contributed by atoms with E-state index in [0.29, 0.717) is 18.0 Å². The molecule has 1 aliphatic rings. The van der Waals surface area contributed by atoms with E-state index in [1.165, 1.54) is 0 Å². The SMILES string of the molecule is COC1CC(Nc2cc(Nc3ccncc3)nc(-c3ccccc3)n2)C1. The van der Waals surface area contributed by atoms with Crippen molar-refractivity contribution >= 4 is 17.3 Å². The molecule has 0 aliphatic heterocycles. The number of benzene rings is 1. The molecule has 2 N–H and O–H groups in total. The summed E-state index contributed by atoms with van der Waals surface area (Å²) in [7, 11) is 1.76. The maximum absolute atomic E-state index is 5.36. The van der Waals surface area contributed by atoms with Crippen molar-refractivity contribution in [3.8, 4) is 11.4 Å². The zero-order valence-corrected chi connectivity index (χ0v) is 14.6. The van der Waals surface area contributed by atoms with Crippen LogP contribution in [0.15, 0.2) is 60.9 Å². The number of anilines is 3. The largest absolute Gasteiger partial charge is 0.381 e. The Morgan fingerprint density at radius 2 is 1.69 bits per heavy atom. The summed E-state index contributed by atoms with van der Waals surface area (Å²) in [6.07, 6.45) is 5.83. The number of nitrogens with one attached hydrogen (secondary N) is 2. The highest BCUT2D eigenvalue weighted by molar-refractivity contribution is 5.65. The van der Waals surface area contributed by atoms with E-state index in [0.717, 1.165) is 35.7 Å². The van der Waals surface area contributed by atoms with E-state index in [2.05, 4.69) is 20.6 Å². The van der Waals surface area contributed by atoms with Gasteiger partial charge in [-0.25, -0.2) is 9.97 Å². The minimum Gasteiger partial charge on any atom is -0.381 e. The molecule has 0 unspecified atom stereocenters. The second-order valence-electron chi connectivity index (χ2n) is 6.36. The number of hydrogen-bond donors (Lipinski definition) is 2. The summed E-state index contributed by atoms with van der Waals surface area (Å²) in [5.74, 6) is 2.25. The van der Waals surface area contributed by atoms with E-state index >= 15 is 0 Å². The van der Waals surface area contributed by atoms with Crippen molar-refractivity contribution in [3.63, 3.8) is 0 Å². The molecule has 2 heterocycles. The molecule has 6 heteroatoms. The van der Waals surface area contributed by atoms with Crippen LogP contribution in [-0.4, -0.2) is 34.2 Å². The molecule has 1 saturated carbocycles. The lowest BCUT2D eigenvalue weighted by molar-refractivity contribution is 0.0328. The van der Waals surface area contributed by atoms with E-state index < -0.39 is 0 Å². The van der Waals surface area contributed by atoms with Crippen molar-refractivity contribution in [2.24, 2.45) is 0 Å². The number of hydrogen-bond acceptors (Lipinski definition) is 6. The van der Waals surface area contributed by atoms with Gasteiger partial charge in [-0.15, -0.1) is 0 Å². The van der Waals surface area contributed by atoms with Crippen LogP contribution in [0.2, 0.25) is 0 Å². The number of rotatable bonds is 6. The first-order valence-electron chi connectivity index (χ1n) is 8.71. The predicted molar refractivity (Wildman–Crippen MR) is 102 cm³/mol. The molecule has 1 aliphatic carbocycles. The highest BCUT2D eigenvalue weighted by Crippen LogP contribution is 2.28. The van der Waals surface area contributed by atoms with E-state index in [1.807, 2.05) is 48.5 Å². The smallest absolute Gasteiger partial charge is 0.163 e. The van der Waals surface area contributed by atoms with Gasteiger partial charge in [-0.05, 0) is 25.0 Å². The first-order valence-corrected chi connectivity index (χ1v) is 8.71. The van der Waals surface area contributed by atoms with Gasteiger partial charge >= 0.3 is 0 Å². The van der Waals surface area contributed by atoms with E-state index in [-0.39, 0.29) is 0 Å². The van der Waals surface area contributed by atoms with Crippen LogP contribution in [-0.2, 0) is 4.74 Å². The third-order valence-corrected chi connectivity index (χ3v) is 4.49. The fourth-order valence-corrected chi connectivity index (χ4v) is 2.97. The Balaban J connectivity index is 1.61. The quantitative estimate of drug-likeness (QED) is 0.705. The maximum Gasteiger partial charge on any atom is 0.163 e. The topological polar surface area (TPSA) is 72.0 Å². The molecular weight excluding hydrogens is 326 g/mol. The standard InChI is InChI=1S/C20H21N5O/c1-26-17-11-16(12-17)23-19-13-18(22-15-7-9-21-10-8-15)24-20(25-19)14-5-3-2-4-6-14/h2-10,13,16-17H,11-12H2,1H3,(H2,21,22,23,24,25). The van der Waals surface area contributed by atoms with Crippen molar-refractivity contribution in [2.45, 2.75) is 25.0 Å². The normalized spacial score (nSPS) is 18.8. The van der Waals surface area contributed by atoms with Gasteiger partial charge in [-0.2, -0.15) is 0 Å². The van der Waals surface area contributed by atoms with Crippen LogP contribution in [0.5, 0.6) is 0 Å². The van der Waals surface area contributed by atoms with Crippen LogP contribution in [0.4, 0.5) is 17.3 Å². The average Bonchev–Trinajstić information content (AvgIpc) is 2.66. The minimum absolute atomic E-state index is 0.345. The molecule has 1 aromatic carbocycles. The minimum atomic E-state index is 0.345. The second-order valence-corrected chi connectivity index (χ2v) is 6.36. The van der Waals surface area contributed by atoms with Gasteiger partial charge in [0.1, 0.15) is 11.6 Å². The molecule has 2 aromatic heterocycles. The van der Waals surface area contributed by atoms with E-state index in [4.69, 9.17) is 9.72 Å². The van der Waals surface area contributed by atoms with Gasteiger partial charge in [0.25, 0.3) is 0 Å². The number of aromatic nitrogens is 3. The molecule has 3 aromatic rings. The fourth-order valence-electron chi connectivity index (χ4n) is 2.97. The van der Waals surface area contributed by atoms with Crippen LogP contribution in [0.1, 0.15) is 12.8 Å². The first kappa shape index (κ1) is 16.5. The van der Waals surface area contributed by atoms with Crippen molar-refractivity contribution in [1.29, 1.82) is 0 Å². The molecule has 4 rings (SSSR count). The Labute approximate surface area is 152 Å². The van der Waals surface area contributed by atoms with Gasteiger partial charge < -0.3 is 15.4 Å². The Morgan fingerprint density at radius 1 is 0.962 bits per heavy atom. The third kappa shape index (κ3) is 3.81. The molecule has 0 amide bonds. The van der Waals surface area contributed by atoms with E-state index in [9.17, 15) is 0 Å². The van der Waals surface area contributed by atoms with Crippen LogP contribution < -0.4 is 10.6 Å². The molecule has 1 fully saturated rings. The highest BCUT2D eigenvalue weighted by atomic mass is 16.5. The van der Waals surface area contributed by atoms with Crippen LogP contribution in [0, 0.1) is 0 Å². The summed E-state index contributed by atoms with van der Waals surface area (Å²) in [6, 6.07) is 16.1. The molecule has 0 spiro atoms. The lowest BCUT2D eigenvalue weighted by Gasteiger charge is -2.35. The lowest BCUT2D eigenvalue weighted by atomic mass is 9.89. The number of ether oxygens (including phenoxy) is 1. The Kier molecular flexibility index (Phi) is 4.75. The summed E-state index contributed by atoms with van der Waals surface area (Å²) in [5.41, 5.74) is 1.92. The van der Waals surface area contributed by atoms with Gasteiger partial charge in [-0.3, -0.25) is 4.98 Å². The third-order valence-electron chi connectivity index (χ3n) is 4.49. The van der Waals surface area contributed by atoms with Crippen LogP contribution >= 0.6 is 0 Å². The van der Waals surface area contributed by atoms with Gasteiger partial charge in [-0.1, -0.05) is 30.3 Å². The number of nitrogens with zero attached hydrogens (tertiary/aromatic N) is 3. The van der Waals surface area contributed by atoms with E-state index in [1.54, 1.807) is 19.5 Å². The summed E-state index contributed by atoms with van der Waals surface area (Å²) in [5, 5.41) is 6.82. The zero-order valence-electron chi connectivity index (χ0n) is 14.6. The van der Waals surface area contributed by atoms with Crippen molar-refractivity contribution < 1.29 is 4.74 Å². The van der Waals surface area contributed by atoms with Crippen molar-refractivity contribution in [3.05, 3.63) is 60.9 Å². The summed E-state index contributed by atoms with van der Waals surface area (Å²) >= 11 is 0. The lowest BCUT2D eigenvalue weighted by Crippen LogP contribution is -2.40. The molecule has 0 atom stereocenters. The fraction of sp³-hybridized carbons (Fsp3) is 0.250. The molecule has 0 radical (unpaired) electrons. The van der Waals surface area contributed by atoms with Crippen molar-refractivity contribution in [1.82, 2.24) is 15.0 Å². The maximum atomic E-state index is 5.36.